The SMILES string of the molecule is C[C@@H]1CC[C@H](C)N1[C@H]1CCCN(c2nc3ccccc3o2)C1. The van der Waals surface area contributed by atoms with E-state index < -0.39 is 0 Å². The minimum Gasteiger partial charge on any atom is -0.423 e. The van der Waals surface area contributed by atoms with E-state index in [1.807, 2.05) is 24.3 Å². The van der Waals surface area contributed by atoms with Gasteiger partial charge in [0.1, 0.15) is 5.52 Å². The summed E-state index contributed by atoms with van der Waals surface area (Å²) in [5, 5.41) is 0. The molecule has 0 N–H and O–H groups in total. The number of oxazole rings is 1. The van der Waals surface area contributed by atoms with Gasteiger partial charge in [0, 0.05) is 31.2 Å². The summed E-state index contributed by atoms with van der Waals surface area (Å²) in [7, 11) is 0. The summed E-state index contributed by atoms with van der Waals surface area (Å²) in [4.78, 5) is 9.75. The summed E-state index contributed by atoms with van der Waals surface area (Å²) in [6, 6.07) is 10.9. The van der Waals surface area contributed by atoms with E-state index in [9.17, 15) is 0 Å². The van der Waals surface area contributed by atoms with Gasteiger partial charge in [0.2, 0.25) is 0 Å². The number of aromatic nitrogens is 1. The van der Waals surface area contributed by atoms with Gasteiger partial charge in [-0.15, -0.1) is 0 Å². The Morgan fingerprint density at radius 3 is 2.64 bits per heavy atom. The summed E-state index contributed by atoms with van der Waals surface area (Å²) >= 11 is 0. The molecule has 0 aliphatic carbocycles. The van der Waals surface area contributed by atoms with Gasteiger partial charge in [0.25, 0.3) is 6.01 Å². The minimum atomic E-state index is 0.635. The smallest absolute Gasteiger partial charge is 0.298 e. The van der Waals surface area contributed by atoms with Crippen molar-refractivity contribution in [2.75, 3.05) is 18.0 Å². The normalized spacial score (nSPS) is 30.3. The molecule has 0 spiro atoms. The van der Waals surface area contributed by atoms with Gasteiger partial charge >= 0.3 is 0 Å². The second-order valence-electron chi connectivity index (χ2n) is 6.93. The zero-order valence-electron chi connectivity index (χ0n) is 13.5. The first-order valence-electron chi connectivity index (χ1n) is 8.60. The number of nitrogens with zero attached hydrogens (tertiary/aromatic N) is 3. The molecule has 0 amide bonds. The van der Waals surface area contributed by atoms with Gasteiger partial charge in [0.15, 0.2) is 5.58 Å². The number of para-hydroxylation sites is 2. The monoisotopic (exact) mass is 299 g/mol. The standard InChI is InChI=1S/C18H25N3O/c1-13-9-10-14(2)21(13)15-6-5-11-20(12-15)18-19-16-7-3-4-8-17(16)22-18/h3-4,7-8,13-15H,5-6,9-12H2,1-2H3/t13-,14+,15-/m0/s1. The van der Waals surface area contributed by atoms with Crippen LogP contribution in [0.3, 0.4) is 0 Å². The Morgan fingerprint density at radius 2 is 1.86 bits per heavy atom. The van der Waals surface area contributed by atoms with E-state index in [4.69, 9.17) is 4.42 Å². The lowest BCUT2D eigenvalue weighted by Crippen LogP contribution is -2.51. The average Bonchev–Trinajstić information content (AvgIpc) is 3.11. The first-order chi connectivity index (χ1) is 10.7. The van der Waals surface area contributed by atoms with Gasteiger partial charge in [-0.1, -0.05) is 12.1 Å². The zero-order chi connectivity index (χ0) is 15.1. The zero-order valence-corrected chi connectivity index (χ0v) is 13.5. The molecular formula is C18H25N3O. The van der Waals surface area contributed by atoms with Crippen molar-refractivity contribution in [2.45, 2.75) is 57.7 Å². The number of anilines is 1. The van der Waals surface area contributed by atoms with Crippen molar-refractivity contribution in [3.63, 3.8) is 0 Å². The third-order valence-corrected chi connectivity index (χ3v) is 5.39. The summed E-state index contributed by atoms with van der Waals surface area (Å²) in [5.74, 6) is 0. The fourth-order valence-electron chi connectivity index (χ4n) is 4.30. The van der Waals surface area contributed by atoms with Crippen molar-refractivity contribution in [1.82, 2.24) is 9.88 Å². The third-order valence-electron chi connectivity index (χ3n) is 5.39. The summed E-state index contributed by atoms with van der Waals surface area (Å²) in [6.45, 7) is 6.85. The molecule has 3 atom stereocenters. The van der Waals surface area contributed by atoms with Crippen molar-refractivity contribution >= 4 is 17.1 Å². The Labute approximate surface area is 132 Å². The van der Waals surface area contributed by atoms with E-state index in [0.29, 0.717) is 18.1 Å². The Hall–Kier alpha value is -1.55. The third kappa shape index (κ3) is 2.39. The highest BCUT2D eigenvalue weighted by Crippen LogP contribution is 2.31. The van der Waals surface area contributed by atoms with Crippen molar-refractivity contribution < 1.29 is 4.42 Å². The molecule has 2 aromatic rings. The lowest BCUT2D eigenvalue weighted by atomic mass is 10.0. The van der Waals surface area contributed by atoms with Crippen LogP contribution in [-0.4, -0.2) is 41.1 Å². The van der Waals surface area contributed by atoms with Crippen LogP contribution in [0, 0.1) is 0 Å². The van der Waals surface area contributed by atoms with Crippen molar-refractivity contribution in [1.29, 1.82) is 0 Å². The van der Waals surface area contributed by atoms with Crippen molar-refractivity contribution in [3.05, 3.63) is 24.3 Å². The van der Waals surface area contributed by atoms with Crippen LogP contribution in [0.5, 0.6) is 0 Å². The Kier molecular flexibility index (Phi) is 3.57. The molecule has 2 fully saturated rings. The molecule has 1 aromatic heterocycles. The van der Waals surface area contributed by atoms with Crippen LogP contribution in [0.25, 0.3) is 11.1 Å². The quantitative estimate of drug-likeness (QED) is 0.847. The maximum Gasteiger partial charge on any atom is 0.298 e. The largest absolute Gasteiger partial charge is 0.423 e. The van der Waals surface area contributed by atoms with Crippen molar-refractivity contribution in [2.24, 2.45) is 0 Å². The number of hydrogen-bond acceptors (Lipinski definition) is 4. The number of fused-ring (bicyclic) bond motifs is 1. The van der Waals surface area contributed by atoms with E-state index in [-0.39, 0.29) is 0 Å². The van der Waals surface area contributed by atoms with Crippen LogP contribution < -0.4 is 4.90 Å². The fourth-order valence-corrected chi connectivity index (χ4v) is 4.30. The lowest BCUT2D eigenvalue weighted by Gasteiger charge is -2.41. The van der Waals surface area contributed by atoms with Crippen LogP contribution in [0.2, 0.25) is 0 Å². The highest BCUT2D eigenvalue weighted by atomic mass is 16.4. The van der Waals surface area contributed by atoms with Gasteiger partial charge in [-0.2, -0.15) is 4.98 Å². The first kappa shape index (κ1) is 14.1. The van der Waals surface area contributed by atoms with Gasteiger partial charge in [-0.3, -0.25) is 4.90 Å². The first-order valence-corrected chi connectivity index (χ1v) is 8.60. The molecule has 0 bridgehead atoms. The number of rotatable bonds is 2. The molecule has 0 saturated carbocycles. The van der Waals surface area contributed by atoms with Crippen LogP contribution in [-0.2, 0) is 0 Å². The average molecular weight is 299 g/mol. The molecule has 0 radical (unpaired) electrons. The topological polar surface area (TPSA) is 32.5 Å². The highest BCUT2D eigenvalue weighted by molar-refractivity contribution is 5.74. The predicted molar refractivity (Wildman–Crippen MR) is 89.2 cm³/mol. The molecule has 1 aromatic carbocycles. The number of likely N-dealkylation sites (tertiary alicyclic amines) is 1. The Bertz CT molecular complexity index is 610. The highest BCUT2D eigenvalue weighted by Gasteiger charge is 2.36. The molecule has 4 rings (SSSR count). The molecule has 0 unspecified atom stereocenters. The molecule has 2 aliphatic heterocycles. The van der Waals surface area contributed by atoms with E-state index >= 15 is 0 Å². The maximum atomic E-state index is 5.97. The van der Waals surface area contributed by atoms with E-state index in [1.165, 1.54) is 25.7 Å². The van der Waals surface area contributed by atoms with E-state index in [1.54, 1.807) is 0 Å². The molecule has 2 aliphatic rings. The minimum absolute atomic E-state index is 0.635. The summed E-state index contributed by atoms with van der Waals surface area (Å²) in [6.07, 6.45) is 5.19. The van der Waals surface area contributed by atoms with Crippen LogP contribution >= 0.6 is 0 Å². The van der Waals surface area contributed by atoms with Gasteiger partial charge in [-0.05, 0) is 51.7 Å². The molecule has 22 heavy (non-hydrogen) atoms. The fraction of sp³-hybridized carbons (Fsp3) is 0.611. The second kappa shape index (κ2) is 5.58. The number of hydrogen-bond donors (Lipinski definition) is 0. The van der Waals surface area contributed by atoms with Crippen molar-refractivity contribution in [3.8, 4) is 0 Å². The van der Waals surface area contributed by atoms with Gasteiger partial charge < -0.3 is 9.32 Å². The summed E-state index contributed by atoms with van der Waals surface area (Å²) in [5.41, 5.74) is 1.85. The van der Waals surface area contributed by atoms with Crippen LogP contribution in [0.15, 0.2) is 28.7 Å². The van der Waals surface area contributed by atoms with E-state index in [0.717, 1.165) is 30.2 Å². The molecule has 3 heterocycles. The van der Waals surface area contributed by atoms with Crippen LogP contribution in [0.4, 0.5) is 6.01 Å². The van der Waals surface area contributed by atoms with Crippen LogP contribution in [0.1, 0.15) is 39.5 Å². The Morgan fingerprint density at radius 1 is 1.09 bits per heavy atom. The number of benzene rings is 1. The van der Waals surface area contributed by atoms with E-state index in [2.05, 4.69) is 28.6 Å². The molecule has 4 heteroatoms. The maximum absolute atomic E-state index is 5.97. The summed E-state index contributed by atoms with van der Waals surface area (Å²) < 4.78 is 5.97. The van der Waals surface area contributed by atoms with Gasteiger partial charge in [-0.25, -0.2) is 0 Å². The second-order valence-corrected chi connectivity index (χ2v) is 6.93. The molecule has 2 saturated heterocycles. The predicted octanol–water partition coefficient (Wildman–Crippen LogP) is 3.67. The lowest BCUT2D eigenvalue weighted by molar-refractivity contribution is 0.128. The molecule has 118 valence electrons. The number of piperidine rings is 1. The van der Waals surface area contributed by atoms with Gasteiger partial charge in [0.05, 0.1) is 0 Å². The Balaban J connectivity index is 1.55. The molecule has 4 nitrogen and oxygen atoms in total. The molecular weight excluding hydrogens is 274 g/mol.